The van der Waals surface area contributed by atoms with Crippen LogP contribution in [0.5, 0.6) is 0 Å². The summed E-state index contributed by atoms with van der Waals surface area (Å²) in [7, 11) is -3.32. The molecule has 1 saturated heterocycles. The SMILES string of the molecule is CS(=O)(=O)C[C@H]1CN(C(=O)O)[C@@H](Cc2ccc(C(F)(F)F)cc2)CO1. The summed E-state index contributed by atoms with van der Waals surface area (Å²) in [5.41, 5.74) is -0.242. The van der Waals surface area contributed by atoms with Gasteiger partial charge in [-0.15, -0.1) is 0 Å². The second kappa shape index (κ2) is 7.20. The minimum Gasteiger partial charge on any atom is -0.465 e. The molecule has 1 aliphatic heterocycles. The molecule has 0 aliphatic carbocycles. The van der Waals surface area contributed by atoms with E-state index in [1.807, 2.05) is 0 Å². The Morgan fingerprint density at radius 3 is 2.40 bits per heavy atom. The number of benzene rings is 1. The van der Waals surface area contributed by atoms with Crippen molar-refractivity contribution >= 4 is 15.9 Å². The highest BCUT2D eigenvalue weighted by atomic mass is 32.2. The molecule has 1 fully saturated rings. The van der Waals surface area contributed by atoms with Crippen LogP contribution >= 0.6 is 0 Å². The smallest absolute Gasteiger partial charge is 0.416 e. The Hall–Kier alpha value is -1.81. The van der Waals surface area contributed by atoms with E-state index >= 15 is 0 Å². The largest absolute Gasteiger partial charge is 0.465 e. The summed E-state index contributed by atoms with van der Waals surface area (Å²) < 4.78 is 65.8. The molecule has 140 valence electrons. The lowest BCUT2D eigenvalue weighted by molar-refractivity contribution is -0.137. The summed E-state index contributed by atoms with van der Waals surface area (Å²) in [6.45, 7) is -0.124. The zero-order chi connectivity index (χ0) is 18.8. The number of halogens is 3. The summed E-state index contributed by atoms with van der Waals surface area (Å²) in [5.74, 6) is -0.288. The normalized spacial score (nSPS) is 22.0. The summed E-state index contributed by atoms with van der Waals surface area (Å²) in [6.07, 6.45) is -5.20. The van der Waals surface area contributed by atoms with Crippen molar-refractivity contribution in [3.05, 3.63) is 35.4 Å². The Morgan fingerprint density at radius 1 is 1.32 bits per heavy atom. The molecular formula is C15H18F3NO5S. The van der Waals surface area contributed by atoms with E-state index in [2.05, 4.69) is 0 Å². The average molecular weight is 381 g/mol. The molecule has 10 heteroatoms. The number of sulfone groups is 1. The molecule has 6 nitrogen and oxygen atoms in total. The van der Waals surface area contributed by atoms with Crippen molar-refractivity contribution < 1.29 is 36.2 Å². The van der Waals surface area contributed by atoms with Gasteiger partial charge in [-0.3, -0.25) is 0 Å². The number of hydrogen-bond donors (Lipinski definition) is 1. The molecule has 1 aliphatic rings. The van der Waals surface area contributed by atoms with Gasteiger partial charge in [0.25, 0.3) is 0 Å². The number of morpholine rings is 1. The molecule has 2 atom stereocenters. The monoisotopic (exact) mass is 381 g/mol. The molecule has 1 N–H and O–H groups in total. The van der Waals surface area contributed by atoms with Crippen molar-refractivity contribution in [1.82, 2.24) is 4.90 Å². The molecule has 1 amide bonds. The molecular weight excluding hydrogens is 363 g/mol. The quantitative estimate of drug-likeness (QED) is 0.863. The van der Waals surface area contributed by atoms with Crippen LogP contribution in [0, 0.1) is 0 Å². The van der Waals surface area contributed by atoms with E-state index in [0.29, 0.717) is 5.56 Å². The molecule has 1 aromatic carbocycles. The summed E-state index contributed by atoms with van der Waals surface area (Å²) in [5, 5.41) is 9.33. The van der Waals surface area contributed by atoms with Gasteiger partial charge in [0, 0.05) is 6.26 Å². The maximum Gasteiger partial charge on any atom is 0.416 e. The average Bonchev–Trinajstić information content (AvgIpc) is 2.46. The standard InChI is InChI=1S/C15H18F3NO5S/c1-25(22,23)9-13-7-19(14(20)21)12(8-24-13)6-10-2-4-11(5-3-10)15(16,17)18/h2-5,12-13H,6-9H2,1H3,(H,20,21)/t12-,13+/m0/s1. The molecule has 0 radical (unpaired) electrons. The van der Waals surface area contributed by atoms with E-state index in [-0.39, 0.29) is 25.3 Å². The summed E-state index contributed by atoms with van der Waals surface area (Å²) >= 11 is 0. The number of nitrogens with zero attached hydrogens (tertiary/aromatic N) is 1. The van der Waals surface area contributed by atoms with Gasteiger partial charge in [-0.1, -0.05) is 12.1 Å². The van der Waals surface area contributed by atoms with E-state index in [4.69, 9.17) is 4.74 Å². The Kier molecular flexibility index (Phi) is 5.62. The first-order valence-corrected chi connectivity index (χ1v) is 9.47. The maximum absolute atomic E-state index is 12.6. The van der Waals surface area contributed by atoms with Crippen LogP contribution in [0.15, 0.2) is 24.3 Å². The van der Waals surface area contributed by atoms with Gasteiger partial charge in [-0.2, -0.15) is 13.2 Å². The van der Waals surface area contributed by atoms with Crippen molar-refractivity contribution in [2.75, 3.05) is 25.2 Å². The summed E-state index contributed by atoms with van der Waals surface area (Å²) in [4.78, 5) is 12.5. The number of alkyl halides is 3. The second-order valence-corrected chi connectivity index (χ2v) is 8.22. The summed E-state index contributed by atoms with van der Waals surface area (Å²) in [6, 6.07) is 3.88. The van der Waals surface area contributed by atoms with E-state index in [1.165, 1.54) is 12.1 Å². The third kappa shape index (κ3) is 5.60. The first-order valence-electron chi connectivity index (χ1n) is 7.41. The minimum absolute atomic E-state index is 0.0203. The number of ether oxygens (including phenoxy) is 1. The van der Waals surface area contributed by atoms with Gasteiger partial charge in [0.1, 0.15) is 9.84 Å². The molecule has 25 heavy (non-hydrogen) atoms. The minimum atomic E-state index is -4.43. The highest BCUT2D eigenvalue weighted by Crippen LogP contribution is 2.29. The van der Waals surface area contributed by atoms with E-state index < -0.39 is 39.8 Å². The number of carbonyl (C=O) groups is 1. The van der Waals surface area contributed by atoms with Crippen LogP contribution in [0.4, 0.5) is 18.0 Å². The van der Waals surface area contributed by atoms with Crippen LogP contribution in [-0.4, -0.2) is 61.8 Å². The van der Waals surface area contributed by atoms with Crippen molar-refractivity contribution in [2.24, 2.45) is 0 Å². The van der Waals surface area contributed by atoms with Crippen LogP contribution in [0.2, 0.25) is 0 Å². The Balaban J connectivity index is 2.07. The van der Waals surface area contributed by atoms with Crippen molar-refractivity contribution in [3.63, 3.8) is 0 Å². The van der Waals surface area contributed by atoms with Gasteiger partial charge < -0.3 is 14.7 Å². The molecule has 0 unspecified atom stereocenters. The highest BCUT2D eigenvalue weighted by molar-refractivity contribution is 7.90. The Labute approximate surface area is 143 Å². The van der Waals surface area contributed by atoms with Gasteiger partial charge in [0.05, 0.1) is 36.6 Å². The third-order valence-corrected chi connectivity index (χ3v) is 4.83. The van der Waals surface area contributed by atoms with Gasteiger partial charge in [-0.05, 0) is 24.1 Å². The predicted octanol–water partition coefficient (Wildman–Crippen LogP) is 2.04. The molecule has 1 heterocycles. The van der Waals surface area contributed by atoms with Gasteiger partial charge >= 0.3 is 12.3 Å². The lowest BCUT2D eigenvalue weighted by atomic mass is 10.0. The van der Waals surface area contributed by atoms with Crippen molar-refractivity contribution in [3.8, 4) is 0 Å². The van der Waals surface area contributed by atoms with Crippen LogP contribution < -0.4 is 0 Å². The Bertz CT molecular complexity index is 718. The molecule has 2 rings (SSSR count). The molecule has 0 spiro atoms. The fourth-order valence-electron chi connectivity index (χ4n) is 2.70. The first kappa shape index (κ1) is 19.5. The predicted molar refractivity (Wildman–Crippen MR) is 83.1 cm³/mol. The maximum atomic E-state index is 12.6. The van der Waals surface area contributed by atoms with Gasteiger partial charge in [-0.25, -0.2) is 13.2 Å². The number of rotatable bonds is 4. The molecule has 0 aromatic heterocycles. The first-order chi connectivity index (χ1) is 11.5. The van der Waals surface area contributed by atoms with Crippen molar-refractivity contribution in [1.29, 1.82) is 0 Å². The topological polar surface area (TPSA) is 83.9 Å². The van der Waals surface area contributed by atoms with Crippen LogP contribution in [0.3, 0.4) is 0 Å². The molecule has 0 bridgehead atoms. The van der Waals surface area contributed by atoms with E-state index in [9.17, 15) is 31.5 Å². The molecule has 1 aromatic rings. The number of amides is 1. The van der Waals surface area contributed by atoms with Crippen LogP contribution in [-0.2, 0) is 27.2 Å². The van der Waals surface area contributed by atoms with Gasteiger partial charge in [0.2, 0.25) is 0 Å². The lowest BCUT2D eigenvalue weighted by Gasteiger charge is -2.37. The van der Waals surface area contributed by atoms with Gasteiger partial charge in [0.15, 0.2) is 0 Å². The highest BCUT2D eigenvalue weighted by Gasteiger charge is 2.34. The molecule has 0 saturated carbocycles. The van der Waals surface area contributed by atoms with E-state index in [0.717, 1.165) is 23.3 Å². The fourth-order valence-corrected chi connectivity index (χ4v) is 3.58. The fraction of sp³-hybridized carbons (Fsp3) is 0.533. The zero-order valence-electron chi connectivity index (χ0n) is 13.4. The van der Waals surface area contributed by atoms with Crippen LogP contribution in [0.25, 0.3) is 0 Å². The second-order valence-electron chi connectivity index (χ2n) is 6.04. The Morgan fingerprint density at radius 2 is 1.92 bits per heavy atom. The lowest BCUT2D eigenvalue weighted by Crippen LogP contribution is -2.54. The van der Waals surface area contributed by atoms with Crippen LogP contribution in [0.1, 0.15) is 11.1 Å². The zero-order valence-corrected chi connectivity index (χ0v) is 14.2. The van der Waals surface area contributed by atoms with E-state index in [1.54, 1.807) is 0 Å². The number of hydrogen-bond acceptors (Lipinski definition) is 4. The number of carboxylic acid groups (broad SMARTS) is 1. The van der Waals surface area contributed by atoms with Crippen molar-refractivity contribution in [2.45, 2.75) is 24.7 Å². The third-order valence-electron chi connectivity index (χ3n) is 3.85.